The molecule has 2 heterocycles. The number of hydrogen-bond donors (Lipinski definition) is 1. The summed E-state index contributed by atoms with van der Waals surface area (Å²) in [7, 11) is 0. The molecule has 0 radical (unpaired) electrons. The molecule has 0 spiro atoms. The monoisotopic (exact) mass is 380 g/mol. The molecule has 2 aliphatic heterocycles. The van der Waals surface area contributed by atoms with Crippen molar-refractivity contribution in [1.82, 2.24) is 4.90 Å². The standard InChI is InChI=1S/C22H24N2O4/c1-14-9-19-20(28-8-7-27-19)12-18(14)22(26)24-6-5-16(13-24)10-15-3-2-4-17(11-15)21(23)25/h2-4,9,11-12,16H,5-8,10,13H2,1H3,(H2,23,25)/t16-/m0/s1. The maximum Gasteiger partial charge on any atom is 0.254 e. The molecule has 1 atom stereocenters. The number of carbonyl (C=O) groups excluding carboxylic acids is 2. The molecule has 0 saturated carbocycles. The van der Waals surface area contributed by atoms with Crippen LogP contribution in [0.15, 0.2) is 36.4 Å². The number of nitrogens with zero attached hydrogens (tertiary/aromatic N) is 1. The molecule has 146 valence electrons. The van der Waals surface area contributed by atoms with Gasteiger partial charge in [0, 0.05) is 24.2 Å². The summed E-state index contributed by atoms with van der Waals surface area (Å²) >= 11 is 0. The topological polar surface area (TPSA) is 81.9 Å². The highest BCUT2D eigenvalue weighted by atomic mass is 16.6. The lowest BCUT2D eigenvalue weighted by atomic mass is 9.97. The predicted molar refractivity (Wildman–Crippen MR) is 105 cm³/mol. The third kappa shape index (κ3) is 3.67. The number of fused-ring (bicyclic) bond motifs is 1. The second kappa shape index (κ2) is 7.54. The van der Waals surface area contributed by atoms with Crippen LogP contribution in [0.4, 0.5) is 0 Å². The van der Waals surface area contributed by atoms with Gasteiger partial charge in [0.1, 0.15) is 13.2 Å². The van der Waals surface area contributed by atoms with Crippen LogP contribution in [0.2, 0.25) is 0 Å². The van der Waals surface area contributed by atoms with Gasteiger partial charge >= 0.3 is 0 Å². The van der Waals surface area contributed by atoms with Crippen LogP contribution in [-0.4, -0.2) is 43.0 Å². The van der Waals surface area contributed by atoms with Crippen LogP contribution in [0, 0.1) is 12.8 Å². The first-order valence-electron chi connectivity index (χ1n) is 9.59. The summed E-state index contributed by atoms with van der Waals surface area (Å²) < 4.78 is 11.2. The summed E-state index contributed by atoms with van der Waals surface area (Å²) in [6.07, 6.45) is 1.77. The molecule has 2 amide bonds. The van der Waals surface area contributed by atoms with Gasteiger partial charge in [0.05, 0.1) is 0 Å². The van der Waals surface area contributed by atoms with Crippen molar-refractivity contribution in [3.8, 4) is 11.5 Å². The SMILES string of the molecule is Cc1cc2c(cc1C(=O)N1CC[C@@H](Cc3cccc(C(N)=O)c3)C1)OCCO2. The minimum absolute atomic E-state index is 0.0304. The number of amides is 2. The van der Waals surface area contributed by atoms with Crippen LogP contribution >= 0.6 is 0 Å². The van der Waals surface area contributed by atoms with Crippen molar-refractivity contribution in [2.45, 2.75) is 19.8 Å². The molecule has 6 heteroatoms. The maximum absolute atomic E-state index is 13.1. The van der Waals surface area contributed by atoms with Gasteiger partial charge in [-0.15, -0.1) is 0 Å². The maximum atomic E-state index is 13.1. The number of carbonyl (C=O) groups is 2. The first-order valence-corrected chi connectivity index (χ1v) is 9.59. The minimum Gasteiger partial charge on any atom is -0.486 e. The van der Waals surface area contributed by atoms with Gasteiger partial charge in [0.25, 0.3) is 5.91 Å². The summed E-state index contributed by atoms with van der Waals surface area (Å²) in [6, 6.07) is 11.1. The van der Waals surface area contributed by atoms with Crippen LogP contribution in [0.1, 0.15) is 38.3 Å². The number of primary amides is 1. The van der Waals surface area contributed by atoms with E-state index in [4.69, 9.17) is 15.2 Å². The number of hydrogen-bond acceptors (Lipinski definition) is 4. The first-order chi connectivity index (χ1) is 13.5. The van der Waals surface area contributed by atoms with E-state index >= 15 is 0 Å². The number of rotatable bonds is 4. The minimum atomic E-state index is -0.417. The van der Waals surface area contributed by atoms with Crippen molar-refractivity contribution in [1.29, 1.82) is 0 Å². The zero-order chi connectivity index (χ0) is 19.7. The van der Waals surface area contributed by atoms with Crippen LogP contribution in [0.3, 0.4) is 0 Å². The lowest BCUT2D eigenvalue weighted by molar-refractivity contribution is 0.0785. The van der Waals surface area contributed by atoms with Crippen molar-refractivity contribution in [3.63, 3.8) is 0 Å². The van der Waals surface area contributed by atoms with Crippen molar-refractivity contribution >= 4 is 11.8 Å². The highest BCUT2D eigenvalue weighted by Crippen LogP contribution is 2.34. The summed E-state index contributed by atoms with van der Waals surface area (Å²) in [6.45, 7) is 4.39. The predicted octanol–water partition coefficient (Wildman–Crippen LogP) is 2.57. The van der Waals surface area contributed by atoms with Crippen molar-refractivity contribution in [2.75, 3.05) is 26.3 Å². The zero-order valence-corrected chi connectivity index (χ0v) is 15.9. The molecule has 0 aliphatic carbocycles. The van der Waals surface area contributed by atoms with Gasteiger partial charge < -0.3 is 20.1 Å². The Morgan fingerprint density at radius 3 is 2.64 bits per heavy atom. The number of aryl methyl sites for hydroxylation is 1. The number of ether oxygens (including phenoxy) is 2. The molecule has 4 rings (SSSR count). The Balaban J connectivity index is 1.45. The molecule has 0 aromatic heterocycles. The molecule has 2 N–H and O–H groups in total. The van der Waals surface area contributed by atoms with Crippen molar-refractivity contribution < 1.29 is 19.1 Å². The molecule has 2 aromatic rings. The van der Waals surface area contributed by atoms with Crippen LogP contribution < -0.4 is 15.2 Å². The van der Waals surface area contributed by atoms with Gasteiger partial charge in [0.2, 0.25) is 5.91 Å². The molecule has 1 saturated heterocycles. The molecule has 2 aliphatic rings. The van der Waals surface area contributed by atoms with Gasteiger partial charge in [-0.2, -0.15) is 0 Å². The van der Waals surface area contributed by atoms with Crippen molar-refractivity contribution in [3.05, 3.63) is 58.7 Å². The quantitative estimate of drug-likeness (QED) is 0.884. The molecule has 6 nitrogen and oxygen atoms in total. The fourth-order valence-electron chi connectivity index (χ4n) is 3.96. The Kier molecular flexibility index (Phi) is 4.94. The second-order valence-electron chi connectivity index (χ2n) is 7.49. The van der Waals surface area contributed by atoms with Crippen molar-refractivity contribution in [2.24, 2.45) is 11.7 Å². The fraction of sp³-hybridized carbons (Fsp3) is 0.364. The second-order valence-corrected chi connectivity index (χ2v) is 7.49. The van der Waals surface area contributed by atoms with E-state index in [1.165, 1.54) is 0 Å². The lowest BCUT2D eigenvalue weighted by Crippen LogP contribution is -2.30. The Labute approximate surface area is 164 Å². The molecule has 2 aromatic carbocycles. The first kappa shape index (κ1) is 18.3. The smallest absolute Gasteiger partial charge is 0.254 e. The Morgan fingerprint density at radius 1 is 1.14 bits per heavy atom. The zero-order valence-electron chi connectivity index (χ0n) is 15.9. The molecule has 0 unspecified atom stereocenters. The van der Waals surface area contributed by atoms with Gasteiger partial charge in [-0.1, -0.05) is 12.1 Å². The van der Waals surface area contributed by atoms with E-state index in [2.05, 4.69) is 0 Å². The lowest BCUT2D eigenvalue weighted by Gasteiger charge is -2.22. The van der Waals surface area contributed by atoms with E-state index in [9.17, 15) is 9.59 Å². The molecule has 1 fully saturated rings. The van der Waals surface area contributed by atoms with Crippen LogP contribution in [-0.2, 0) is 6.42 Å². The largest absolute Gasteiger partial charge is 0.486 e. The molecule has 0 bridgehead atoms. The number of nitrogens with two attached hydrogens (primary N) is 1. The normalized spacial score (nSPS) is 18.2. The molecular weight excluding hydrogens is 356 g/mol. The molecular formula is C22H24N2O4. The average molecular weight is 380 g/mol. The Bertz CT molecular complexity index is 925. The van der Waals surface area contributed by atoms with Crippen LogP contribution in [0.25, 0.3) is 0 Å². The van der Waals surface area contributed by atoms with E-state index in [0.717, 1.165) is 30.5 Å². The highest BCUT2D eigenvalue weighted by molar-refractivity contribution is 5.96. The summed E-state index contributed by atoms with van der Waals surface area (Å²) in [4.78, 5) is 26.3. The summed E-state index contributed by atoms with van der Waals surface area (Å²) in [5.41, 5.74) is 8.53. The van der Waals surface area contributed by atoms with Gasteiger partial charge in [-0.05, 0) is 61.1 Å². The highest BCUT2D eigenvalue weighted by Gasteiger charge is 2.29. The van der Waals surface area contributed by atoms with E-state index < -0.39 is 5.91 Å². The third-order valence-corrected chi connectivity index (χ3v) is 5.43. The fourth-order valence-corrected chi connectivity index (χ4v) is 3.96. The summed E-state index contributed by atoms with van der Waals surface area (Å²) in [5.74, 6) is 1.32. The Morgan fingerprint density at radius 2 is 1.89 bits per heavy atom. The third-order valence-electron chi connectivity index (χ3n) is 5.43. The average Bonchev–Trinajstić information content (AvgIpc) is 3.15. The van der Waals surface area contributed by atoms with E-state index in [-0.39, 0.29) is 5.91 Å². The van der Waals surface area contributed by atoms with E-state index in [1.807, 2.05) is 36.1 Å². The molecule has 28 heavy (non-hydrogen) atoms. The number of benzene rings is 2. The van der Waals surface area contributed by atoms with Gasteiger partial charge in [-0.25, -0.2) is 0 Å². The van der Waals surface area contributed by atoms with E-state index in [0.29, 0.717) is 48.3 Å². The van der Waals surface area contributed by atoms with Gasteiger partial charge in [0.15, 0.2) is 11.5 Å². The van der Waals surface area contributed by atoms with E-state index in [1.54, 1.807) is 12.1 Å². The summed E-state index contributed by atoms with van der Waals surface area (Å²) in [5, 5.41) is 0. The Hall–Kier alpha value is -3.02. The van der Waals surface area contributed by atoms with Crippen LogP contribution in [0.5, 0.6) is 11.5 Å². The number of likely N-dealkylation sites (tertiary alicyclic amines) is 1. The van der Waals surface area contributed by atoms with Gasteiger partial charge in [-0.3, -0.25) is 9.59 Å².